The molecule has 3 unspecified atom stereocenters. The van der Waals surface area contributed by atoms with Crippen molar-refractivity contribution in [2.75, 3.05) is 0 Å². The molecule has 0 radical (unpaired) electrons. The lowest BCUT2D eigenvalue weighted by Crippen LogP contribution is -2.62. The lowest BCUT2D eigenvalue weighted by Gasteiger charge is -2.58. The van der Waals surface area contributed by atoms with Crippen LogP contribution < -0.4 is 0 Å². The predicted molar refractivity (Wildman–Crippen MR) is 101 cm³/mol. The van der Waals surface area contributed by atoms with E-state index in [1.54, 1.807) is 43.5 Å². The standard InChI is InChI=1S/C22H25NO4/c1-3-21-13-20(2,26)22(27,19-6-4-5-9-23-19)12-14(21)10-18(25)16-11-15(24)7-8-17(16)21/h4-9,11,14,24,26-27H,3,10,12-13H2,1-2H3/t14-,20?,21?,22?/m1/s1. The SMILES string of the molecule is CCC12CC(C)(O)C(O)(c3ccccn3)C[C@H]1CC(=O)c1cc(O)ccc12. The molecule has 5 nitrogen and oxygen atoms in total. The second-order valence-electron chi connectivity index (χ2n) is 8.29. The first-order valence-corrected chi connectivity index (χ1v) is 9.46. The van der Waals surface area contributed by atoms with Crippen molar-refractivity contribution >= 4 is 5.78 Å². The Bertz CT molecular complexity index is 894. The Morgan fingerprint density at radius 2 is 2.00 bits per heavy atom. The van der Waals surface area contributed by atoms with Gasteiger partial charge in [0, 0.05) is 23.6 Å². The minimum absolute atomic E-state index is 0.0279. The maximum absolute atomic E-state index is 12.8. The molecule has 2 aromatic rings. The molecule has 0 bridgehead atoms. The van der Waals surface area contributed by atoms with Crippen molar-refractivity contribution in [2.24, 2.45) is 5.92 Å². The predicted octanol–water partition coefficient (Wildman–Crippen LogP) is 3.07. The number of phenolic OH excluding ortho intramolecular Hbond substituents is 1. The number of carbonyl (C=O) groups excluding carboxylic acids is 1. The topological polar surface area (TPSA) is 90.7 Å². The minimum atomic E-state index is -1.52. The highest BCUT2D eigenvalue weighted by Gasteiger charge is 2.62. The molecular weight excluding hydrogens is 342 g/mol. The summed E-state index contributed by atoms with van der Waals surface area (Å²) in [6.07, 6.45) is 3.21. The Balaban J connectivity index is 1.87. The monoisotopic (exact) mass is 367 g/mol. The summed E-state index contributed by atoms with van der Waals surface area (Å²) >= 11 is 0. The van der Waals surface area contributed by atoms with Gasteiger partial charge in [0.1, 0.15) is 11.4 Å². The Morgan fingerprint density at radius 1 is 1.22 bits per heavy atom. The smallest absolute Gasteiger partial charge is 0.163 e. The van der Waals surface area contributed by atoms with Gasteiger partial charge in [0.25, 0.3) is 0 Å². The van der Waals surface area contributed by atoms with Crippen LogP contribution in [0.3, 0.4) is 0 Å². The van der Waals surface area contributed by atoms with E-state index in [9.17, 15) is 20.1 Å². The number of hydrogen-bond acceptors (Lipinski definition) is 5. The van der Waals surface area contributed by atoms with Crippen molar-refractivity contribution < 1.29 is 20.1 Å². The molecule has 5 heteroatoms. The van der Waals surface area contributed by atoms with Crippen molar-refractivity contribution in [1.82, 2.24) is 4.98 Å². The van der Waals surface area contributed by atoms with Gasteiger partial charge >= 0.3 is 0 Å². The number of fused-ring (bicyclic) bond motifs is 3. The first kappa shape index (κ1) is 18.1. The first-order valence-electron chi connectivity index (χ1n) is 9.46. The van der Waals surface area contributed by atoms with E-state index in [1.807, 2.05) is 0 Å². The Hall–Kier alpha value is -2.24. The number of pyridine rings is 1. The van der Waals surface area contributed by atoms with Crippen LogP contribution in [-0.2, 0) is 11.0 Å². The van der Waals surface area contributed by atoms with E-state index >= 15 is 0 Å². The lowest BCUT2D eigenvalue weighted by molar-refractivity contribution is -0.205. The number of benzene rings is 1. The molecule has 142 valence electrons. The van der Waals surface area contributed by atoms with Gasteiger partial charge in [-0.25, -0.2) is 0 Å². The van der Waals surface area contributed by atoms with Gasteiger partial charge in [-0.2, -0.15) is 0 Å². The molecule has 3 N–H and O–H groups in total. The van der Waals surface area contributed by atoms with Gasteiger partial charge in [-0.15, -0.1) is 0 Å². The summed E-state index contributed by atoms with van der Waals surface area (Å²) in [5, 5.41) is 32.8. The average molecular weight is 367 g/mol. The molecule has 1 saturated carbocycles. The molecule has 1 fully saturated rings. The largest absolute Gasteiger partial charge is 0.508 e. The minimum Gasteiger partial charge on any atom is -0.508 e. The number of rotatable bonds is 2. The molecule has 0 saturated heterocycles. The van der Waals surface area contributed by atoms with E-state index in [4.69, 9.17) is 0 Å². The summed E-state index contributed by atoms with van der Waals surface area (Å²) in [4.78, 5) is 17.1. The quantitative estimate of drug-likeness (QED) is 0.759. The van der Waals surface area contributed by atoms with Crippen LogP contribution in [0.25, 0.3) is 0 Å². The second-order valence-corrected chi connectivity index (χ2v) is 8.29. The molecule has 2 aliphatic carbocycles. The number of hydrogen-bond donors (Lipinski definition) is 3. The molecule has 0 spiro atoms. The molecule has 0 amide bonds. The Kier molecular flexibility index (Phi) is 3.95. The Morgan fingerprint density at radius 3 is 2.67 bits per heavy atom. The zero-order chi connectivity index (χ0) is 19.4. The maximum Gasteiger partial charge on any atom is 0.163 e. The normalized spacial score (nSPS) is 35.4. The van der Waals surface area contributed by atoms with E-state index in [0.29, 0.717) is 17.7 Å². The number of aliphatic hydroxyl groups is 2. The summed E-state index contributed by atoms with van der Waals surface area (Å²) in [7, 11) is 0. The summed E-state index contributed by atoms with van der Waals surface area (Å²) < 4.78 is 0. The van der Waals surface area contributed by atoms with Crippen LogP contribution in [0.2, 0.25) is 0 Å². The first-order chi connectivity index (χ1) is 12.7. The number of carbonyl (C=O) groups is 1. The van der Waals surface area contributed by atoms with Gasteiger partial charge in [-0.3, -0.25) is 9.78 Å². The number of nitrogens with zero attached hydrogens (tertiary/aromatic N) is 1. The second kappa shape index (κ2) is 5.88. The number of phenols is 1. The van der Waals surface area contributed by atoms with Gasteiger partial charge in [-0.05, 0) is 61.9 Å². The summed E-state index contributed by atoms with van der Waals surface area (Å²) in [6, 6.07) is 10.2. The van der Waals surface area contributed by atoms with Gasteiger partial charge in [0.2, 0.25) is 0 Å². The van der Waals surface area contributed by atoms with Crippen molar-refractivity contribution in [1.29, 1.82) is 0 Å². The van der Waals surface area contributed by atoms with E-state index in [0.717, 1.165) is 12.0 Å². The van der Waals surface area contributed by atoms with Crippen LogP contribution in [0, 0.1) is 5.92 Å². The van der Waals surface area contributed by atoms with Crippen LogP contribution in [0.15, 0.2) is 42.6 Å². The molecule has 27 heavy (non-hydrogen) atoms. The van der Waals surface area contributed by atoms with Crippen molar-refractivity contribution in [2.45, 2.75) is 56.1 Å². The summed E-state index contributed by atoms with van der Waals surface area (Å²) in [5.41, 5.74) is -1.53. The van der Waals surface area contributed by atoms with Crippen LogP contribution in [0.4, 0.5) is 0 Å². The highest BCUT2D eigenvalue weighted by molar-refractivity contribution is 6.00. The average Bonchev–Trinajstić information content (AvgIpc) is 2.64. The number of Topliss-reactive ketones (excluding diaryl/α,β-unsaturated/α-hetero) is 1. The van der Waals surface area contributed by atoms with Crippen LogP contribution in [-0.4, -0.2) is 31.7 Å². The third kappa shape index (κ3) is 2.45. The molecular formula is C22H25NO4. The number of aromatic nitrogens is 1. The lowest BCUT2D eigenvalue weighted by atomic mass is 9.49. The number of aromatic hydroxyl groups is 1. The van der Waals surface area contributed by atoms with Crippen LogP contribution in [0.1, 0.15) is 61.1 Å². The fraction of sp³-hybridized carbons (Fsp3) is 0.455. The van der Waals surface area contributed by atoms with E-state index in [-0.39, 0.29) is 30.3 Å². The fourth-order valence-electron chi connectivity index (χ4n) is 5.38. The van der Waals surface area contributed by atoms with E-state index in [1.165, 1.54) is 6.07 Å². The van der Waals surface area contributed by atoms with Crippen molar-refractivity contribution in [3.8, 4) is 5.75 Å². The zero-order valence-corrected chi connectivity index (χ0v) is 15.6. The van der Waals surface area contributed by atoms with Crippen LogP contribution >= 0.6 is 0 Å². The molecule has 1 aromatic heterocycles. The third-order valence-corrected chi connectivity index (χ3v) is 6.87. The summed E-state index contributed by atoms with van der Waals surface area (Å²) in [5.74, 6) is -0.0708. The van der Waals surface area contributed by atoms with E-state index in [2.05, 4.69) is 11.9 Å². The highest BCUT2D eigenvalue weighted by atomic mass is 16.4. The zero-order valence-electron chi connectivity index (χ0n) is 15.6. The molecule has 4 atom stereocenters. The maximum atomic E-state index is 12.8. The van der Waals surface area contributed by atoms with Gasteiger partial charge in [-0.1, -0.05) is 19.1 Å². The van der Waals surface area contributed by atoms with Gasteiger partial charge in [0.05, 0.1) is 11.3 Å². The van der Waals surface area contributed by atoms with Crippen LogP contribution in [0.5, 0.6) is 5.75 Å². The number of ketones is 1. The molecule has 0 aliphatic heterocycles. The molecule has 1 aromatic carbocycles. The third-order valence-electron chi connectivity index (χ3n) is 6.87. The highest BCUT2D eigenvalue weighted by Crippen LogP contribution is 2.59. The van der Waals surface area contributed by atoms with Crippen molar-refractivity contribution in [3.63, 3.8) is 0 Å². The van der Waals surface area contributed by atoms with Gasteiger partial charge < -0.3 is 15.3 Å². The van der Waals surface area contributed by atoms with Crippen molar-refractivity contribution in [3.05, 3.63) is 59.4 Å². The Labute approximate surface area is 158 Å². The molecule has 4 rings (SSSR count). The molecule has 1 heterocycles. The summed E-state index contributed by atoms with van der Waals surface area (Å²) in [6.45, 7) is 3.71. The molecule has 2 aliphatic rings. The van der Waals surface area contributed by atoms with E-state index < -0.39 is 16.6 Å². The van der Waals surface area contributed by atoms with Gasteiger partial charge in [0.15, 0.2) is 5.78 Å². The fourth-order valence-corrected chi connectivity index (χ4v) is 5.38.